The number of aromatic nitrogens is 2. The quantitative estimate of drug-likeness (QED) is 0.876. The van der Waals surface area contributed by atoms with Crippen molar-refractivity contribution in [2.75, 3.05) is 0 Å². The van der Waals surface area contributed by atoms with E-state index < -0.39 is 17.9 Å². The number of aryl methyl sites for hydroxylation is 2. The third-order valence-corrected chi connectivity index (χ3v) is 3.76. The number of carboxylic acids is 1. The first-order valence-corrected chi connectivity index (χ1v) is 7.12. The number of rotatable bonds is 5. The van der Waals surface area contributed by atoms with Crippen LogP contribution in [0.1, 0.15) is 42.0 Å². The topological polar surface area (TPSA) is 105 Å². The fraction of sp³-hybridized carbons (Fsp3) is 0.467. The van der Waals surface area contributed by atoms with E-state index in [2.05, 4.69) is 15.5 Å². The van der Waals surface area contributed by atoms with Crippen molar-refractivity contribution in [2.45, 2.75) is 40.2 Å². The molecular weight excluding hydrogens is 286 g/mol. The van der Waals surface area contributed by atoms with Crippen molar-refractivity contribution in [1.29, 1.82) is 0 Å². The monoisotopic (exact) mass is 305 g/mol. The van der Waals surface area contributed by atoms with Crippen molar-refractivity contribution >= 4 is 23.0 Å². The molecule has 118 valence electrons. The zero-order valence-corrected chi connectivity index (χ0v) is 13.0. The Kier molecular flexibility index (Phi) is 4.44. The molecule has 0 aliphatic carbocycles. The van der Waals surface area contributed by atoms with Gasteiger partial charge in [0.15, 0.2) is 0 Å². The molecule has 1 amide bonds. The lowest BCUT2D eigenvalue weighted by Crippen LogP contribution is -2.45. The summed E-state index contributed by atoms with van der Waals surface area (Å²) in [6.07, 6.45) is 0.647. The molecule has 22 heavy (non-hydrogen) atoms. The van der Waals surface area contributed by atoms with Gasteiger partial charge in [-0.1, -0.05) is 25.4 Å². The summed E-state index contributed by atoms with van der Waals surface area (Å²) in [4.78, 5) is 28.1. The van der Waals surface area contributed by atoms with Crippen molar-refractivity contribution in [3.05, 3.63) is 23.0 Å². The first-order chi connectivity index (χ1) is 10.3. The van der Waals surface area contributed by atoms with E-state index in [4.69, 9.17) is 4.52 Å². The Morgan fingerprint density at radius 3 is 2.68 bits per heavy atom. The van der Waals surface area contributed by atoms with E-state index in [1.54, 1.807) is 26.8 Å². The average molecular weight is 305 g/mol. The summed E-state index contributed by atoms with van der Waals surface area (Å²) in [6.45, 7) is 7.11. The molecule has 7 heteroatoms. The third-order valence-electron chi connectivity index (χ3n) is 3.76. The van der Waals surface area contributed by atoms with Crippen LogP contribution in [0.25, 0.3) is 11.1 Å². The Bertz CT molecular complexity index is 723. The van der Waals surface area contributed by atoms with Crippen LogP contribution >= 0.6 is 0 Å². The second-order valence-corrected chi connectivity index (χ2v) is 5.43. The number of nitrogens with zero attached hydrogens (tertiary/aromatic N) is 2. The van der Waals surface area contributed by atoms with Crippen molar-refractivity contribution in [3.8, 4) is 0 Å². The average Bonchev–Trinajstić information content (AvgIpc) is 2.83. The fourth-order valence-electron chi connectivity index (χ4n) is 2.30. The Hall–Kier alpha value is -2.44. The SMILES string of the molecule is CC[C@H](C)[C@H](NC(=O)c1cc(C)nc2onc(C)c12)C(=O)O. The van der Waals surface area contributed by atoms with Gasteiger partial charge in [0.05, 0.1) is 16.6 Å². The number of hydrogen-bond donors (Lipinski definition) is 2. The van der Waals surface area contributed by atoms with Crippen LogP contribution in [0.4, 0.5) is 0 Å². The van der Waals surface area contributed by atoms with E-state index in [-0.39, 0.29) is 11.6 Å². The molecule has 7 nitrogen and oxygen atoms in total. The van der Waals surface area contributed by atoms with Crippen LogP contribution < -0.4 is 5.32 Å². The van der Waals surface area contributed by atoms with Crippen LogP contribution in [0.3, 0.4) is 0 Å². The zero-order valence-electron chi connectivity index (χ0n) is 13.0. The summed E-state index contributed by atoms with van der Waals surface area (Å²) in [7, 11) is 0. The minimum Gasteiger partial charge on any atom is -0.480 e. The summed E-state index contributed by atoms with van der Waals surface area (Å²) >= 11 is 0. The van der Waals surface area contributed by atoms with Gasteiger partial charge in [-0.25, -0.2) is 9.78 Å². The standard InChI is InChI=1S/C15H19N3O4/c1-5-7(2)12(15(20)21)17-13(19)10-6-8(3)16-14-11(10)9(4)18-22-14/h6-7,12H,5H2,1-4H3,(H,17,19)(H,20,21)/t7-,12-/m0/s1. The van der Waals surface area contributed by atoms with Gasteiger partial charge in [-0.15, -0.1) is 0 Å². The smallest absolute Gasteiger partial charge is 0.326 e. The number of pyridine rings is 1. The molecule has 0 unspecified atom stereocenters. The van der Waals surface area contributed by atoms with Crippen molar-refractivity contribution in [1.82, 2.24) is 15.5 Å². The second-order valence-electron chi connectivity index (χ2n) is 5.43. The maximum atomic E-state index is 12.5. The van der Waals surface area contributed by atoms with E-state index in [0.717, 1.165) is 0 Å². The lowest BCUT2D eigenvalue weighted by molar-refractivity contribution is -0.140. The summed E-state index contributed by atoms with van der Waals surface area (Å²) in [5.41, 5.74) is 1.75. The van der Waals surface area contributed by atoms with Gasteiger partial charge in [0.1, 0.15) is 6.04 Å². The summed E-state index contributed by atoms with van der Waals surface area (Å²) in [6, 6.07) is 0.665. The van der Waals surface area contributed by atoms with Crippen molar-refractivity contribution in [2.24, 2.45) is 5.92 Å². The first kappa shape index (κ1) is 15.9. The molecule has 0 aliphatic rings. The molecule has 2 heterocycles. The molecule has 0 saturated carbocycles. The molecule has 2 N–H and O–H groups in total. The van der Waals surface area contributed by atoms with E-state index in [1.165, 1.54) is 0 Å². The van der Waals surface area contributed by atoms with Gasteiger partial charge in [-0.2, -0.15) is 0 Å². The van der Waals surface area contributed by atoms with Crippen molar-refractivity contribution < 1.29 is 19.2 Å². The summed E-state index contributed by atoms with van der Waals surface area (Å²) in [5.74, 6) is -1.69. The molecule has 0 aromatic carbocycles. The molecular formula is C15H19N3O4. The summed E-state index contributed by atoms with van der Waals surface area (Å²) < 4.78 is 5.08. The van der Waals surface area contributed by atoms with Gasteiger partial charge in [0.2, 0.25) is 0 Å². The Labute approximate surface area is 127 Å². The molecule has 2 rings (SSSR count). The highest BCUT2D eigenvalue weighted by molar-refractivity contribution is 6.07. The third kappa shape index (κ3) is 2.93. The maximum absolute atomic E-state index is 12.5. The van der Waals surface area contributed by atoms with Gasteiger partial charge in [0.25, 0.3) is 11.6 Å². The zero-order chi connectivity index (χ0) is 16.4. The van der Waals surface area contributed by atoms with E-state index >= 15 is 0 Å². The van der Waals surface area contributed by atoms with Crippen LogP contribution in [0.5, 0.6) is 0 Å². The molecule has 2 atom stereocenters. The largest absolute Gasteiger partial charge is 0.480 e. The Morgan fingerprint density at radius 1 is 1.41 bits per heavy atom. The highest BCUT2D eigenvalue weighted by Gasteiger charge is 2.27. The second kappa shape index (κ2) is 6.13. The lowest BCUT2D eigenvalue weighted by atomic mass is 9.98. The summed E-state index contributed by atoms with van der Waals surface area (Å²) in [5, 5.41) is 16.2. The molecule has 2 aromatic rings. The molecule has 2 aromatic heterocycles. The normalized spacial score (nSPS) is 13.8. The predicted octanol–water partition coefficient (Wildman–Crippen LogP) is 2.07. The van der Waals surface area contributed by atoms with Gasteiger partial charge in [-0.05, 0) is 25.8 Å². The number of carboxylic acid groups (broad SMARTS) is 1. The minimum atomic E-state index is -1.05. The van der Waals surface area contributed by atoms with Crippen LogP contribution in [0, 0.1) is 19.8 Å². The minimum absolute atomic E-state index is 0.177. The van der Waals surface area contributed by atoms with Crippen molar-refractivity contribution in [3.63, 3.8) is 0 Å². The van der Waals surface area contributed by atoms with E-state index in [9.17, 15) is 14.7 Å². The highest BCUT2D eigenvalue weighted by atomic mass is 16.5. The van der Waals surface area contributed by atoms with Crippen LogP contribution in [0.15, 0.2) is 10.6 Å². The van der Waals surface area contributed by atoms with Crippen LogP contribution in [0.2, 0.25) is 0 Å². The molecule has 0 fully saturated rings. The van der Waals surface area contributed by atoms with E-state index in [0.29, 0.717) is 28.8 Å². The highest BCUT2D eigenvalue weighted by Crippen LogP contribution is 2.22. The maximum Gasteiger partial charge on any atom is 0.326 e. The van der Waals surface area contributed by atoms with Gasteiger partial charge < -0.3 is 14.9 Å². The number of carbonyl (C=O) groups is 2. The molecule has 0 bridgehead atoms. The van der Waals surface area contributed by atoms with Gasteiger partial charge >= 0.3 is 5.97 Å². The number of carbonyl (C=O) groups excluding carboxylic acids is 1. The fourth-order valence-corrected chi connectivity index (χ4v) is 2.30. The number of nitrogens with one attached hydrogen (secondary N) is 1. The van der Waals surface area contributed by atoms with Crippen LogP contribution in [-0.2, 0) is 4.79 Å². The molecule has 0 radical (unpaired) electrons. The number of aliphatic carboxylic acids is 1. The van der Waals surface area contributed by atoms with Crippen LogP contribution in [-0.4, -0.2) is 33.2 Å². The first-order valence-electron chi connectivity index (χ1n) is 7.12. The lowest BCUT2D eigenvalue weighted by Gasteiger charge is -2.20. The predicted molar refractivity (Wildman–Crippen MR) is 79.6 cm³/mol. The molecule has 0 saturated heterocycles. The number of amides is 1. The Balaban J connectivity index is 2.41. The van der Waals surface area contributed by atoms with Gasteiger partial charge in [-0.3, -0.25) is 4.79 Å². The molecule has 0 aliphatic heterocycles. The molecule has 0 spiro atoms. The Morgan fingerprint density at radius 2 is 2.09 bits per heavy atom. The van der Waals surface area contributed by atoms with Gasteiger partial charge in [0, 0.05) is 5.69 Å². The number of fused-ring (bicyclic) bond motifs is 1. The van der Waals surface area contributed by atoms with E-state index in [1.807, 2.05) is 6.92 Å². The number of hydrogen-bond acceptors (Lipinski definition) is 5.